The first kappa shape index (κ1) is 30.5. The molecule has 0 aromatic heterocycles. The van der Waals surface area contributed by atoms with Crippen molar-refractivity contribution in [2.24, 2.45) is 0 Å². The normalized spacial score (nSPS) is 12.2. The molecule has 3 aromatic rings. The highest BCUT2D eigenvalue weighted by Gasteiger charge is 2.33. The number of amides is 2. The average Bonchev–Trinajstić information content (AvgIpc) is 2.86. The van der Waals surface area contributed by atoms with E-state index in [2.05, 4.69) is 5.32 Å². The van der Waals surface area contributed by atoms with E-state index in [0.717, 1.165) is 15.4 Å². The topological polar surface area (TPSA) is 86.8 Å². The van der Waals surface area contributed by atoms with Crippen LogP contribution in [-0.4, -0.2) is 43.8 Å². The highest BCUT2D eigenvalue weighted by Crippen LogP contribution is 2.27. The van der Waals surface area contributed by atoms with E-state index in [0.29, 0.717) is 21.3 Å². The fourth-order valence-corrected chi connectivity index (χ4v) is 5.78. The van der Waals surface area contributed by atoms with Crippen LogP contribution in [0.1, 0.15) is 37.5 Å². The van der Waals surface area contributed by atoms with Crippen LogP contribution in [0.5, 0.6) is 0 Å². The second-order valence-corrected chi connectivity index (χ2v) is 12.5. The van der Waals surface area contributed by atoms with E-state index < -0.39 is 28.5 Å². The van der Waals surface area contributed by atoms with Crippen molar-refractivity contribution in [3.8, 4) is 0 Å². The van der Waals surface area contributed by atoms with Gasteiger partial charge in [-0.15, -0.1) is 0 Å². The van der Waals surface area contributed by atoms with E-state index in [1.165, 1.54) is 17.0 Å². The van der Waals surface area contributed by atoms with Gasteiger partial charge in [0, 0.05) is 22.6 Å². The molecule has 7 nitrogen and oxygen atoms in total. The number of sulfonamides is 1. The molecule has 208 valence electrons. The maximum absolute atomic E-state index is 13.9. The summed E-state index contributed by atoms with van der Waals surface area (Å²) in [6.07, 6.45) is 0. The molecule has 2 amide bonds. The SMILES string of the molecule is Cc1ccc(N(CC(=O)N(Cc2ccc(Cl)cc2Cl)C(C)C(=O)NC(C)C)S(=O)(=O)c2ccc(C)cc2)cc1. The Labute approximate surface area is 240 Å². The smallest absolute Gasteiger partial charge is 0.264 e. The Balaban J connectivity index is 2.04. The van der Waals surface area contributed by atoms with Crippen molar-refractivity contribution < 1.29 is 18.0 Å². The molecule has 1 N–H and O–H groups in total. The third-order valence-electron chi connectivity index (χ3n) is 6.16. The number of carbonyl (C=O) groups excluding carboxylic acids is 2. The van der Waals surface area contributed by atoms with Gasteiger partial charge >= 0.3 is 0 Å². The molecule has 1 atom stereocenters. The number of carbonyl (C=O) groups is 2. The molecule has 0 saturated carbocycles. The molecule has 0 radical (unpaired) electrons. The first-order valence-electron chi connectivity index (χ1n) is 12.5. The second kappa shape index (κ2) is 12.9. The number of rotatable bonds is 10. The van der Waals surface area contributed by atoms with Crippen molar-refractivity contribution in [2.45, 2.75) is 58.1 Å². The lowest BCUT2D eigenvalue weighted by molar-refractivity contribution is -0.139. The van der Waals surface area contributed by atoms with Gasteiger partial charge in [0.2, 0.25) is 11.8 Å². The van der Waals surface area contributed by atoms with Gasteiger partial charge in [0.15, 0.2) is 0 Å². The first-order valence-corrected chi connectivity index (χ1v) is 14.7. The summed E-state index contributed by atoms with van der Waals surface area (Å²) >= 11 is 12.4. The lowest BCUT2D eigenvalue weighted by Gasteiger charge is -2.32. The van der Waals surface area contributed by atoms with Crippen LogP contribution in [-0.2, 0) is 26.2 Å². The summed E-state index contributed by atoms with van der Waals surface area (Å²) < 4.78 is 28.7. The number of nitrogens with zero attached hydrogens (tertiary/aromatic N) is 2. The van der Waals surface area contributed by atoms with Gasteiger partial charge in [0.25, 0.3) is 10.0 Å². The Kier molecular flexibility index (Phi) is 10.0. The minimum atomic E-state index is -4.12. The number of halogens is 2. The largest absolute Gasteiger partial charge is 0.352 e. The van der Waals surface area contributed by atoms with E-state index in [1.807, 2.05) is 27.7 Å². The van der Waals surface area contributed by atoms with Gasteiger partial charge in [-0.05, 0) is 76.6 Å². The fraction of sp³-hybridized carbons (Fsp3) is 0.310. The van der Waals surface area contributed by atoms with Crippen molar-refractivity contribution >= 4 is 50.7 Å². The second-order valence-electron chi connectivity index (χ2n) is 9.76. The van der Waals surface area contributed by atoms with Crippen LogP contribution < -0.4 is 9.62 Å². The van der Waals surface area contributed by atoms with Crippen LogP contribution in [0.4, 0.5) is 5.69 Å². The molecule has 0 saturated heterocycles. The summed E-state index contributed by atoms with van der Waals surface area (Å²) in [6.45, 7) is 8.45. The first-order chi connectivity index (χ1) is 18.3. The lowest BCUT2D eigenvalue weighted by atomic mass is 10.1. The maximum atomic E-state index is 13.9. The van der Waals surface area contributed by atoms with Gasteiger partial charge in [0.1, 0.15) is 12.6 Å². The number of benzene rings is 3. The van der Waals surface area contributed by atoms with E-state index in [9.17, 15) is 18.0 Å². The Morgan fingerprint density at radius 1 is 0.872 bits per heavy atom. The Bertz CT molecular complexity index is 1430. The van der Waals surface area contributed by atoms with Crippen LogP contribution >= 0.6 is 23.2 Å². The molecule has 0 heterocycles. The quantitative estimate of drug-likeness (QED) is 0.326. The van der Waals surface area contributed by atoms with Crippen LogP contribution in [0, 0.1) is 13.8 Å². The number of hydrogen-bond donors (Lipinski definition) is 1. The summed E-state index contributed by atoms with van der Waals surface area (Å²) in [6, 6.07) is 17.1. The minimum Gasteiger partial charge on any atom is -0.352 e. The molecule has 0 aliphatic rings. The molecule has 0 fully saturated rings. The predicted molar refractivity (Wildman–Crippen MR) is 157 cm³/mol. The van der Waals surface area contributed by atoms with Crippen molar-refractivity contribution in [1.29, 1.82) is 0 Å². The molecule has 3 aromatic carbocycles. The molecule has 0 aliphatic heterocycles. The van der Waals surface area contributed by atoms with Crippen molar-refractivity contribution in [3.63, 3.8) is 0 Å². The standard InChI is InChI=1S/C29H33Cl2N3O4S/c1-19(2)32-29(36)22(5)33(17-23-10-11-24(30)16-27(23)31)28(35)18-34(25-12-6-20(3)7-13-25)39(37,38)26-14-8-21(4)9-15-26/h6-16,19,22H,17-18H2,1-5H3,(H,32,36). The minimum absolute atomic E-state index is 0.0200. The monoisotopic (exact) mass is 589 g/mol. The van der Waals surface area contributed by atoms with Crippen LogP contribution in [0.25, 0.3) is 0 Å². The third kappa shape index (κ3) is 7.75. The van der Waals surface area contributed by atoms with Gasteiger partial charge in [-0.3, -0.25) is 13.9 Å². The van der Waals surface area contributed by atoms with Gasteiger partial charge in [0.05, 0.1) is 10.6 Å². The van der Waals surface area contributed by atoms with E-state index >= 15 is 0 Å². The summed E-state index contributed by atoms with van der Waals surface area (Å²) in [5.41, 5.74) is 2.75. The molecule has 0 spiro atoms. The number of anilines is 1. The molecule has 0 aliphatic carbocycles. The Morgan fingerprint density at radius 3 is 1.97 bits per heavy atom. The summed E-state index contributed by atoms with van der Waals surface area (Å²) in [7, 11) is -4.12. The Morgan fingerprint density at radius 2 is 1.44 bits per heavy atom. The predicted octanol–water partition coefficient (Wildman–Crippen LogP) is 5.75. The highest BCUT2D eigenvalue weighted by atomic mass is 35.5. The van der Waals surface area contributed by atoms with Crippen molar-refractivity contribution in [2.75, 3.05) is 10.8 Å². The number of aryl methyl sites for hydroxylation is 2. The van der Waals surface area contributed by atoms with Crippen LogP contribution in [0.15, 0.2) is 71.6 Å². The molecule has 10 heteroatoms. The van der Waals surface area contributed by atoms with Gasteiger partial charge in [-0.1, -0.05) is 64.7 Å². The zero-order chi connectivity index (χ0) is 28.9. The molecule has 39 heavy (non-hydrogen) atoms. The van der Waals surface area contributed by atoms with Gasteiger partial charge in [-0.25, -0.2) is 8.42 Å². The third-order valence-corrected chi connectivity index (χ3v) is 8.54. The number of hydrogen-bond acceptors (Lipinski definition) is 4. The van der Waals surface area contributed by atoms with Crippen molar-refractivity contribution in [3.05, 3.63) is 93.5 Å². The molecule has 1 unspecified atom stereocenters. The van der Waals surface area contributed by atoms with E-state index in [-0.39, 0.29) is 23.4 Å². The zero-order valence-electron chi connectivity index (χ0n) is 22.6. The summed E-state index contributed by atoms with van der Waals surface area (Å²) in [5, 5.41) is 3.59. The Hall–Kier alpha value is -3.07. The average molecular weight is 591 g/mol. The summed E-state index contributed by atoms with van der Waals surface area (Å²) in [5.74, 6) is -0.935. The summed E-state index contributed by atoms with van der Waals surface area (Å²) in [4.78, 5) is 28.3. The molecule has 3 rings (SSSR count). The van der Waals surface area contributed by atoms with E-state index in [4.69, 9.17) is 23.2 Å². The molecule has 0 bridgehead atoms. The van der Waals surface area contributed by atoms with E-state index in [1.54, 1.807) is 61.5 Å². The highest BCUT2D eigenvalue weighted by molar-refractivity contribution is 7.92. The van der Waals surface area contributed by atoms with Gasteiger partial charge < -0.3 is 10.2 Å². The molecular weight excluding hydrogens is 557 g/mol. The maximum Gasteiger partial charge on any atom is 0.264 e. The molecular formula is C29H33Cl2N3O4S. The fourth-order valence-electron chi connectivity index (χ4n) is 3.90. The van der Waals surface area contributed by atoms with Gasteiger partial charge in [-0.2, -0.15) is 0 Å². The van der Waals surface area contributed by atoms with Crippen molar-refractivity contribution in [1.82, 2.24) is 10.2 Å². The lowest BCUT2D eigenvalue weighted by Crippen LogP contribution is -2.52. The number of nitrogens with one attached hydrogen (secondary N) is 1. The van der Waals surface area contributed by atoms with Crippen LogP contribution in [0.2, 0.25) is 10.0 Å². The zero-order valence-corrected chi connectivity index (χ0v) is 24.9. The van der Waals surface area contributed by atoms with Crippen LogP contribution in [0.3, 0.4) is 0 Å².